The number of rotatable bonds is 5. The van der Waals surface area contributed by atoms with Crippen molar-refractivity contribution in [1.82, 2.24) is 19.7 Å². The minimum Gasteiger partial charge on any atom is -0.480 e. The van der Waals surface area contributed by atoms with Gasteiger partial charge in [-0.2, -0.15) is 4.72 Å². The van der Waals surface area contributed by atoms with Gasteiger partial charge in [-0.25, -0.2) is 13.1 Å². The third kappa shape index (κ3) is 3.01. The second-order valence-electron chi connectivity index (χ2n) is 3.23. The van der Waals surface area contributed by atoms with E-state index in [-0.39, 0.29) is 16.0 Å². The van der Waals surface area contributed by atoms with Crippen LogP contribution in [0.2, 0.25) is 0 Å². The highest BCUT2D eigenvalue weighted by Gasteiger charge is 2.29. The molecule has 1 unspecified atom stereocenters. The monoisotopic (exact) mass is 326 g/mol. The highest BCUT2D eigenvalue weighted by Crippen LogP contribution is 2.18. The van der Waals surface area contributed by atoms with E-state index in [4.69, 9.17) is 5.11 Å². The first-order chi connectivity index (χ1) is 7.79. The van der Waals surface area contributed by atoms with E-state index in [2.05, 4.69) is 31.0 Å². The lowest BCUT2D eigenvalue weighted by Gasteiger charge is -2.12. The molecule has 10 heteroatoms. The number of sulfonamides is 1. The van der Waals surface area contributed by atoms with Gasteiger partial charge in [0, 0.05) is 7.05 Å². The number of hydrogen-bond donors (Lipinski definition) is 2. The maximum absolute atomic E-state index is 11.9. The van der Waals surface area contributed by atoms with Crippen LogP contribution in [0.1, 0.15) is 13.3 Å². The molecule has 1 rings (SSSR count). The number of aromatic nitrogens is 3. The van der Waals surface area contributed by atoms with E-state index >= 15 is 0 Å². The highest BCUT2D eigenvalue weighted by atomic mass is 79.9. The van der Waals surface area contributed by atoms with E-state index in [9.17, 15) is 13.2 Å². The third-order valence-corrected chi connectivity index (χ3v) is 4.35. The topological polar surface area (TPSA) is 114 Å². The normalized spacial score (nSPS) is 13.6. The minimum absolute atomic E-state index is 0.0349. The summed E-state index contributed by atoms with van der Waals surface area (Å²) in [5.41, 5.74) is 0. The smallest absolute Gasteiger partial charge is 0.321 e. The van der Waals surface area contributed by atoms with Crippen LogP contribution < -0.4 is 4.72 Å². The van der Waals surface area contributed by atoms with Gasteiger partial charge in [0.15, 0.2) is 4.60 Å². The number of aryl methyl sites for hydroxylation is 1. The second-order valence-corrected chi connectivity index (χ2v) is 5.61. The molecule has 0 bridgehead atoms. The molecule has 0 radical (unpaired) electrons. The molecule has 0 saturated carbocycles. The number of carbonyl (C=O) groups is 1. The summed E-state index contributed by atoms with van der Waals surface area (Å²) in [4.78, 5) is 10.8. The Kier molecular flexibility index (Phi) is 4.22. The fraction of sp³-hybridized carbons (Fsp3) is 0.571. The molecule has 1 atom stereocenters. The fourth-order valence-electron chi connectivity index (χ4n) is 1.16. The van der Waals surface area contributed by atoms with Gasteiger partial charge in [0.2, 0.25) is 5.03 Å². The molecule has 0 amide bonds. The van der Waals surface area contributed by atoms with Gasteiger partial charge in [-0.1, -0.05) is 12.1 Å². The number of nitrogens with one attached hydrogen (secondary N) is 1. The van der Waals surface area contributed by atoms with Crippen molar-refractivity contribution in [2.75, 3.05) is 0 Å². The molecule has 2 N–H and O–H groups in total. The molecule has 17 heavy (non-hydrogen) atoms. The maximum Gasteiger partial charge on any atom is 0.321 e. The van der Waals surface area contributed by atoms with Crippen LogP contribution in [0.25, 0.3) is 0 Å². The molecule has 0 aliphatic rings. The summed E-state index contributed by atoms with van der Waals surface area (Å²) in [5.74, 6) is -1.23. The van der Waals surface area contributed by atoms with E-state index in [1.807, 2.05) is 0 Å². The van der Waals surface area contributed by atoms with E-state index in [1.165, 1.54) is 7.05 Å². The molecular formula is C7H11BrN4O4S. The Bertz CT molecular complexity index is 506. The summed E-state index contributed by atoms with van der Waals surface area (Å²) in [6.07, 6.45) is 0.136. The summed E-state index contributed by atoms with van der Waals surface area (Å²) in [6.45, 7) is 1.57. The number of carboxylic acids is 1. The van der Waals surface area contributed by atoms with E-state index in [0.29, 0.717) is 0 Å². The number of aliphatic carboxylic acids is 1. The van der Waals surface area contributed by atoms with Crippen LogP contribution in [-0.4, -0.2) is 40.5 Å². The van der Waals surface area contributed by atoms with Crippen LogP contribution in [0.15, 0.2) is 9.63 Å². The van der Waals surface area contributed by atoms with Crippen LogP contribution in [-0.2, 0) is 21.9 Å². The van der Waals surface area contributed by atoms with Crippen molar-refractivity contribution in [3.63, 3.8) is 0 Å². The van der Waals surface area contributed by atoms with Crippen LogP contribution >= 0.6 is 15.9 Å². The van der Waals surface area contributed by atoms with Crippen molar-refractivity contribution in [3.8, 4) is 0 Å². The molecule has 0 spiro atoms. The quantitative estimate of drug-likeness (QED) is 0.769. The fourth-order valence-corrected chi connectivity index (χ4v) is 3.53. The van der Waals surface area contributed by atoms with Gasteiger partial charge in [0.1, 0.15) is 6.04 Å². The van der Waals surface area contributed by atoms with Crippen LogP contribution in [0.3, 0.4) is 0 Å². The summed E-state index contributed by atoms with van der Waals surface area (Å²) in [6, 6.07) is -1.18. The Balaban J connectivity index is 3.09. The zero-order valence-corrected chi connectivity index (χ0v) is 11.5. The first kappa shape index (κ1) is 14.1. The number of hydrogen-bond acceptors (Lipinski definition) is 5. The predicted molar refractivity (Wildman–Crippen MR) is 60.7 cm³/mol. The molecule has 0 aromatic carbocycles. The van der Waals surface area contributed by atoms with Crippen LogP contribution in [0.4, 0.5) is 0 Å². The molecule has 0 saturated heterocycles. The summed E-state index contributed by atoms with van der Waals surface area (Å²) >= 11 is 2.94. The molecule has 8 nitrogen and oxygen atoms in total. The Morgan fingerprint density at radius 2 is 2.24 bits per heavy atom. The summed E-state index contributed by atoms with van der Waals surface area (Å²) in [5, 5.41) is 15.6. The molecule has 0 fully saturated rings. The molecule has 1 heterocycles. The molecule has 1 aromatic heterocycles. The van der Waals surface area contributed by atoms with E-state index in [1.54, 1.807) is 6.92 Å². The van der Waals surface area contributed by atoms with Gasteiger partial charge in [-0.3, -0.25) is 4.79 Å². The van der Waals surface area contributed by atoms with Crippen molar-refractivity contribution in [3.05, 3.63) is 4.60 Å². The SMILES string of the molecule is CCC(NS(=O)(=O)c1c(Br)nnn1C)C(=O)O. The minimum atomic E-state index is -3.97. The Morgan fingerprint density at radius 3 is 2.59 bits per heavy atom. The lowest BCUT2D eigenvalue weighted by molar-refractivity contribution is -0.139. The van der Waals surface area contributed by atoms with Gasteiger partial charge in [-0.15, -0.1) is 5.10 Å². The number of carboxylic acid groups (broad SMARTS) is 1. The number of nitrogens with zero attached hydrogens (tertiary/aromatic N) is 3. The van der Waals surface area contributed by atoms with Crippen molar-refractivity contribution in [2.24, 2.45) is 7.05 Å². The van der Waals surface area contributed by atoms with Gasteiger partial charge < -0.3 is 5.11 Å². The first-order valence-electron chi connectivity index (χ1n) is 4.60. The largest absolute Gasteiger partial charge is 0.480 e. The predicted octanol–water partition coefficient (Wildman–Crippen LogP) is -0.281. The molecule has 0 aliphatic carbocycles. The van der Waals surface area contributed by atoms with Crippen molar-refractivity contribution in [1.29, 1.82) is 0 Å². The molecule has 0 aliphatic heterocycles. The lowest BCUT2D eigenvalue weighted by Crippen LogP contribution is -2.40. The lowest BCUT2D eigenvalue weighted by atomic mass is 10.2. The number of halogens is 1. The average Bonchev–Trinajstić information content (AvgIpc) is 2.55. The summed E-state index contributed by atoms with van der Waals surface area (Å²) in [7, 11) is -2.58. The van der Waals surface area contributed by atoms with Gasteiger partial charge in [-0.05, 0) is 22.4 Å². The summed E-state index contributed by atoms with van der Waals surface area (Å²) < 4.78 is 27.0. The van der Waals surface area contributed by atoms with Crippen molar-refractivity contribution in [2.45, 2.75) is 24.4 Å². The highest BCUT2D eigenvalue weighted by molar-refractivity contribution is 9.10. The second kappa shape index (κ2) is 5.10. The van der Waals surface area contributed by atoms with Crippen LogP contribution in [0.5, 0.6) is 0 Å². The van der Waals surface area contributed by atoms with Gasteiger partial charge >= 0.3 is 5.97 Å². The standard InChI is InChI=1S/C7H11BrN4O4S/c1-3-4(7(13)14)10-17(15,16)6-5(8)9-11-12(6)2/h4,10H,3H2,1-2H3,(H,13,14). The average molecular weight is 327 g/mol. The Morgan fingerprint density at radius 1 is 1.65 bits per heavy atom. The van der Waals surface area contributed by atoms with E-state index in [0.717, 1.165) is 4.68 Å². The molecule has 96 valence electrons. The Labute approximate surface area is 106 Å². The van der Waals surface area contributed by atoms with E-state index < -0.39 is 22.0 Å². The maximum atomic E-state index is 11.9. The third-order valence-electron chi connectivity index (χ3n) is 2.00. The molecule has 1 aromatic rings. The van der Waals surface area contributed by atoms with Gasteiger partial charge in [0.05, 0.1) is 0 Å². The molecular weight excluding hydrogens is 316 g/mol. The first-order valence-corrected chi connectivity index (χ1v) is 6.87. The van der Waals surface area contributed by atoms with Crippen LogP contribution in [0, 0.1) is 0 Å². The van der Waals surface area contributed by atoms with Crippen molar-refractivity contribution >= 4 is 31.9 Å². The zero-order valence-electron chi connectivity index (χ0n) is 9.08. The Hall–Kier alpha value is -1.00. The van der Waals surface area contributed by atoms with Crippen molar-refractivity contribution < 1.29 is 18.3 Å². The zero-order chi connectivity index (χ0) is 13.2. The van der Waals surface area contributed by atoms with Gasteiger partial charge in [0.25, 0.3) is 10.0 Å².